The summed E-state index contributed by atoms with van der Waals surface area (Å²) in [6.07, 6.45) is 0. The molecule has 3 heteroatoms. The minimum Gasteiger partial charge on any atom is -0.466 e. The van der Waals surface area contributed by atoms with Crippen LogP contribution in [0.4, 0.5) is 0 Å². The van der Waals surface area contributed by atoms with Gasteiger partial charge >= 0.3 is 5.97 Å². The maximum atomic E-state index is 10.7. The molecule has 0 unspecified atom stereocenters. The second kappa shape index (κ2) is 5.12. The summed E-state index contributed by atoms with van der Waals surface area (Å²) in [5.74, 6) is -0.187. The molecule has 82 valence electrons. The van der Waals surface area contributed by atoms with Crippen LogP contribution in [0.25, 0.3) is 0 Å². The fraction of sp³-hybridized carbons (Fsp3) is 0.417. The van der Waals surface area contributed by atoms with Gasteiger partial charge in [0.05, 0.1) is 14.7 Å². The van der Waals surface area contributed by atoms with Crippen LogP contribution in [0.2, 0.25) is 19.1 Å². The highest BCUT2D eigenvalue weighted by Crippen LogP contribution is 2.09. The Morgan fingerprint density at radius 2 is 1.87 bits per heavy atom. The summed E-state index contributed by atoms with van der Waals surface area (Å²) in [6.45, 7) is 6.60. The summed E-state index contributed by atoms with van der Waals surface area (Å²) in [5.41, 5.74) is 0. The van der Waals surface area contributed by atoms with Gasteiger partial charge in [-0.3, -0.25) is 4.79 Å². The number of ether oxygens (including phenoxy) is 1. The summed E-state index contributed by atoms with van der Waals surface area (Å²) < 4.78 is 5.00. The van der Waals surface area contributed by atoms with Crippen molar-refractivity contribution in [1.29, 1.82) is 0 Å². The molecule has 0 heterocycles. The van der Waals surface area contributed by atoms with Crippen molar-refractivity contribution in [3.63, 3.8) is 0 Å². The molecule has 2 nitrogen and oxygen atoms in total. The third-order valence-corrected chi connectivity index (χ3v) is 5.94. The highest BCUT2D eigenvalue weighted by atomic mass is 28.3. The predicted octanol–water partition coefficient (Wildman–Crippen LogP) is 2.17. The van der Waals surface area contributed by atoms with Gasteiger partial charge in [-0.05, 0) is 6.04 Å². The predicted molar refractivity (Wildman–Crippen MR) is 65.0 cm³/mol. The van der Waals surface area contributed by atoms with Gasteiger partial charge in [0.25, 0.3) is 0 Å². The van der Waals surface area contributed by atoms with Gasteiger partial charge in [0.15, 0.2) is 0 Å². The zero-order valence-electron chi connectivity index (χ0n) is 9.62. The van der Waals surface area contributed by atoms with Crippen LogP contribution in [0.5, 0.6) is 0 Å². The lowest BCUT2D eigenvalue weighted by Gasteiger charge is -2.22. The quantitative estimate of drug-likeness (QED) is 0.576. The normalized spacial score (nSPS) is 11.1. The molecule has 0 spiro atoms. The summed E-state index contributed by atoms with van der Waals surface area (Å²) >= 11 is 0. The number of rotatable bonds is 4. The summed E-state index contributed by atoms with van der Waals surface area (Å²) in [4.78, 5) is 10.7. The van der Waals surface area contributed by atoms with Crippen LogP contribution in [0.15, 0.2) is 30.3 Å². The summed E-state index contributed by atoms with van der Waals surface area (Å²) in [7, 11) is -1.42. The first-order valence-corrected chi connectivity index (χ1v) is 8.42. The molecule has 0 saturated carbocycles. The molecule has 0 aromatic heterocycles. The maximum absolute atomic E-state index is 10.7. The van der Waals surface area contributed by atoms with E-state index in [1.54, 1.807) is 0 Å². The lowest BCUT2D eigenvalue weighted by Crippen LogP contribution is -2.42. The number of carbonyl (C=O) groups is 1. The second-order valence-corrected chi connectivity index (χ2v) is 9.19. The monoisotopic (exact) mass is 222 g/mol. The molecule has 0 aliphatic carbocycles. The van der Waals surface area contributed by atoms with E-state index in [4.69, 9.17) is 4.74 Å². The number of hydrogen-bond acceptors (Lipinski definition) is 2. The molecule has 0 atom stereocenters. The van der Waals surface area contributed by atoms with Crippen LogP contribution in [-0.2, 0) is 9.53 Å². The Balaban J connectivity index is 2.56. The van der Waals surface area contributed by atoms with E-state index in [1.807, 2.05) is 6.07 Å². The smallest absolute Gasteiger partial charge is 0.302 e. The molecular formula is C12H18O2Si. The molecule has 0 amide bonds. The molecule has 1 rings (SSSR count). The van der Waals surface area contributed by atoms with Gasteiger partial charge in [0.2, 0.25) is 0 Å². The SMILES string of the molecule is CC(=O)OCC[Si](C)(C)c1ccccc1. The second-order valence-electron chi connectivity index (χ2n) is 4.34. The van der Waals surface area contributed by atoms with Crippen LogP contribution in [0.1, 0.15) is 6.92 Å². The topological polar surface area (TPSA) is 26.3 Å². The van der Waals surface area contributed by atoms with E-state index >= 15 is 0 Å². The Labute approximate surface area is 92.3 Å². The van der Waals surface area contributed by atoms with E-state index < -0.39 is 8.07 Å². The van der Waals surface area contributed by atoms with Gasteiger partial charge in [0.1, 0.15) is 0 Å². The van der Waals surface area contributed by atoms with Gasteiger partial charge in [-0.1, -0.05) is 48.6 Å². The molecular weight excluding hydrogens is 204 g/mol. The van der Waals surface area contributed by atoms with Crippen molar-refractivity contribution in [3.05, 3.63) is 30.3 Å². The third kappa shape index (κ3) is 3.87. The lowest BCUT2D eigenvalue weighted by atomic mass is 10.4. The minimum absolute atomic E-state index is 0.187. The van der Waals surface area contributed by atoms with Crippen LogP contribution in [-0.4, -0.2) is 20.7 Å². The molecule has 0 bridgehead atoms. The number of carbonyl (C=O) groups excluding carboxylic acids is 1. The highest BCUT2D eigenvalue weighted by molar-refractivity contribution is 6.89. The Bertz CT molecular complexity index is 320. The van der Waals surface area contributed by atoms with E-state index in [0.717, 1.165) is 6.04 Å². The van der Waals surface area contributed by atoms with Crippen molar-refractivity contribution in [1.82, 2.24) is 0 Å². The van der Waals surface area contributed by atoms with E-state index in [9.17, 15) is 4.79 Å². The van der Waals surface area contributed by atoms with Gasteiger partial charge < -0.3 is 4.74 Å². The van der Waals surface area contributed by atoms with Crippen LogP contribution in [0.3, 0.4) is 0 Å². The molecule has 0 saturated heterocycles. The van der Waals surface area contributed by atoms with Gasteiger partial charge in [0, 0.05) is 6.92 Å². The Morgan fingerprint density at radius 1 is 1.27 bits per heavy atom. The Kier molecular flexibility index (Phi) is 4.09. The fourth-order valence-corrected chi connectivity index (χ4v) is 3.48. The maximum Gasteiger partial charge on any atom is 0.302 e. The first-order valence-electron chi connectivity index (χ1n) is 5.21. The Hall–Kier alpha value is -1.09. The number of esters is 1. The van der Waals surface area contributed by atoms with Crippen molar-refractivity contribution in [2.24, 2.45) is 0 Å². The Morgan fingerprint density at radius 3 is 2.40 bits per heavy atom. The summed E-state index contributed by atoms with van der Waals surface area (Å²) in [5, 5.41) is 1.41. The first kappa shape index (κ1) is 12.0. The van der Waals surface area contributed by atoms with Gasteiger partial charge in [-0.2, -0.15) is 0 Å². The van der Waals surface area contributed by atoms with Crippen LogP contribution < -0.4 is 5.19 Å². The highest BCUT2D eigenvalue weighted by Gasteiger charge is 2.22. The van der Waals surface area contributed by atoms with Crippen molar-refractivity contribution in [2.75, 3.05) is 6.61 Å². The van der Waals surface area contributed by atoms with Crippen molar-refractivity contribution in [3.8, 4) is 0 Å². The van der Waals surface area contributed by atoms with Crippen molar-refractivity contribution >= 4 is 19.2 Å². The largest absolute Gasteiger partial charge is 0.466 e. The van der Waals surface area contributed by atoms with E-state index in [-0.39, 0.29) is 5.97 Å². The zero-order chi connectivity index (χ0) is 11.3. The molecule has 15 heavy (non-hydrogen) atoms. The zero-order valence-corrected chi connectivity index (χ0v) is 10.6. The molecule has 1 aromatic rings. The average Bonchev–Trinajstić information content (AvgIpc) is 2.18. The van der Waals surface area contributed by atoms with E-state index in [1.165, 1.54) is 12.1 Å². The standard InChI is InChI=1S/C12H18O2Si/c1-11(13)14-9-10-15(2,3)12-7-5-4-6-8-12/h4-8H,9-10H2,1-3H3. The molecule has 0 radical (unpaired) electrons. The summed E-state index contributed by atoms with van der Waals surface area (Å²) in [6, 6.07) is 11.5. The number of benzene rings is 1. The molecule has 0 N–H and O–H groups in total. The van der Waals surface area contributed by atoms with Gasteiger partial charge in [-0.25, -0.2) is 0 Å². The lowest BCUT2D eigenvalue weighted by molar-refractivity contribution is -0.140. The van der Waals surface area contributed by atoms with E-state index in [0.29, 0.717) is 6.61 Å². The van der Waals surface area contributed by atoms with Crippen molar-refractivity contribution in [2.45, 2.75) is 26.1 Å². The average molecular weight is 222 g/mol. The molecule has 0 fully saturated rings. The third-order valence-electron chi connectivity index (χ3n) is 2.59. The van der Waals surface area contributed by atoms with Crippen molar-refractivity contribution < 1.29 is 9.53 Å². The molecule has 0 aliphatic rings. The molecule has 1 aromatic carbocycles. The minimum atomic E-state index is -1.42. The van der Waals surface area contributed by atoms with Crippen LogP contribution in [0, 0.1) is 0 Å². The molecule has 0 aliphatic heterocycles. The number of hydrogen-bond donors (Lipinski definition) is 0. The van der Waals surface area contributed by atoms with E-state index in [2.05, 4.69) is 37.4 Å². The fourth-order valence-electron chi connectivity index (χ4n) is 1.48. The first-order chi connectivity index (χ1) is 7.02. The van der Waals surface area contributed by atoms with Gasteiger partial charge in [-0.15, -0.1) is 0 Å². The van der Waals surface area contributed by atoms with Crippen LogP contribution >= 0.6 is 0 Å².